The monoisotopic (exact) mass is 1220 g/mol. The highest BCUT2D eigenvalue weighted by atomic mass is 16.8. The minimum atomic E-state index is -1.87. The van der Waals surface area contributed by atoms with Crippen LogP contribution in [0.15, 0.2) is 11.6 Å². The molecule has 0 amide bonds. The van der Waals surface area contributed by atoms with Crippen molar-refractivity contribution in [2.45, 2.75) is 280 Å². The molecule has 5 aliphatic carbocycles. The molecule has 0 aromatic carbocycles. The van der Waals surface area contributed by atoms with Gasteiger partial charge in [-0.25, -0.2) is 0 Å². The lowest BCUT2D eigenvalue weighted by molar-refractivity contribution is -0.391. The van der Waals surface area contributed by atoms with E-state index in [1.807, 2.05) is 0 Å². The third-order valence-corrected chi connectivity index (χ3v) is 23.1. The van der Waals surface area contributed by atoms with Gasteiger partial charge >= 0.3 is 5.97 Å². The minimum Gasteiger partial charge on any atom is -0.432 e. The van der Waals surface area contributed by atoms with Crippen LogP contribution in [0.2, 0.25) is 0 Å². The van der Waals surface area contributed by atoms with Crippen LogP contribution in [0, 0.1) is 50.2 Å². The number of carbonyl (C=O) groups excluding carboxylic acids is 1. The van der Waals surface area contributed by atoms with E-state index < -0.39 is 213 Å². The van der Waals surface area contributed by atoms with Crippen LogP contribution in [0.5, 0.6) is 0 Å². The third-order valence-electron chi connectivity index (χ3n) is 23.1. The van der Waals surface area contributed by atoms with Crippen molar-refractivity contribution in [3.8, 4) is 0 Å². The Labute approximate surface area is 494 Å². The summed E-state index contributed by atoms with van der Waals surface area (Å²) < 4.78 is 60.8. The molecule has 5 heterocycles. The maximum Gasteiger partial charge on any atom is 0.317 e. The van der Waals surface area contributed by atoms with Gasteiger partial charge in [0.25, 0.3) is 0 Å². The van der Waals surface area contributed by atoms with Crippen LogP contribution in [0.4, 0.5) is 0 Å². The molecule has 10 aliphatic rings. The molecule has 488 valence electrons. The first-order chi connectivity index (χ1) is 39.7. The van der Waals surface area contributed by atoms with Crippen molar-refractivity contribution in [2.24, 2.45) is 50.2 Å². The van der Waals surface area contributed by atoms with Gasteiger partial charge in [0.2, 0.25) is 6.29 Å². The fourth-order valence-corrected chi connectivity index (χ4v) is 17.7. The van der Waals surface area contributed by atoms with Gasteiger partial charge in [-0.3, -0.25) is 4.79 Å². The van der Waals surface area contributed by atoms with Crippen molar-refractivity contribution in [1.82, 2.24) is 0 Å². The summed E-state index contributed by atoms with van der Waals surface area (Å²) in [6, 6.07) is 0. The van der Waals surface area contributed by atoms with Gasteiger partial charge < -0.3 is 124 Å². The molecule has 26 nitrogen and oxygen atoms in total. The number of ether oxygens (including phenoxy) is 10. The van der Waals surface area contributed by atoms with Crippen molar-refractivity contribution in [2.75, 3.05) is 19.8 Å². The fourth-order valence-electron chi connectivity index (χ4n) is 17.7. The number of hydrogen-bond acceptors (Lipinski definition) is 26. The quantitative estimate of drug-likeness (QED) is 0.0544. The van der Waals surface area contributed by atoms with Crippen LogP contribution in [-0.4, -0.2) is 262 Å². The Bertz CT molecular complexity index is 2380. The molecule has 0 bridgehead atoms. The number of allylic oxidation sites excluding steroid dienone is 2. The molecule has 0 aromatic rings. The van der Waals surface area contributed by atoms with Gasteiger partial charge in [0.1, 0.15) is 103 Å². The highest BCUT2D eigenvalue weighted by Gasteiger charge is 2.72. The largest absolute Gasteiger partial charge is 0.432 e. The number of rotatable bonds is 12. The summed E-state index contributed by atoms with van der Waals surface area (Å²) >= 11 is 0. The molecule has 5 saturated heterocycles. The van der Waals surface area contributed by atoms with Crippen molar-refractivity contribution in [3.63, 3.8) is 0 Å². The zero-order valence-corrected chi connectivity index (χ0v) is 50.0. The first-order valence-electron chi connectivity index (χ1n) is 30.6. The molecule has 0 unspecified atom stereocenters. The summed E-state index contributed by atoms with van der Waals surface area (Å²) in [5, 5.41) is 164. The molecule has 5 aliphatic heterocycles. The summed E-state index contributed by atoms with van der Waals surface area (Å²) in [6.45, 7) is 16.3. The average molecular weight is 1220 g/mol. The van der Waals surface area contributed by atoms with E-state index in [9.17, 15) is 76.6 Å². The van der Waals surface area contributed by atoms with Gasteiger partial charge in [-0.05, 0) is 116 Å². The predicted octanol–water partition coefficient (Wildman–Crippen LogP) is -2.55. The Morgan fingerprint density at radius 2 is 1.11 bits per heavy atom. The number of hydrogen-bond donors (Lipinski definition) is 15. The van der Waals surface area contributed by atoms with Crippen molar-refractivity contribution < 1.29 is 129 Å². The second kappa shape index (κ2) is 24.1. The lowest BCUT2D eigenvalue weighted by atomic mass is 9.33. The SMILES string of the molecule is C[C@@H]1O[C@@H](O[C@H]2[C@H](O[C@H]3CC[C@]4(C)[C@H]5CC=C6[C@@H]7CC(C)(C)CC[C@]7(C(=O)O[C@@H]7O[C@H](CO)[C@@H](O)[C@H](O)[C@H]7O[C@@H]7O[C@@H](C)[C@H](O)[C@@H](O)[C@H]7O)[C@H](O)C[C@@]6(C)[C@]5(C)CC[C@H]4C3(C)C)O[C@H](CO)[C@@H](O[C@@H]3OC[C@@H](O)[C@H](O)[C@H]3O)[C@@H]2O)[C@H](O)[C@H](O)[C@H]1O. The first kappa shape index (κ1) is 66.2. The molecule has 9 fully saturated rings. The van der Waals surface area contributed by atoms with Crippen LogP contribution >= 0.6 is 0 Å². The van der Waals surface area contributed by atoms with Crippen molar-refractivity contribution >= 4 is 5.97 Å². The topological polar surface area (TPSA) is 413 Å². The predicted molar refractivity (Wildman–Crippen MR) is 288 cm³/mol. The van der Waals surface area contributed by atoms with E-state index in [-0.39, 0.29) is 35.5 Å². The van der Waals surface area contributed by atoms with Crippen LogP contribution in [0.3, 0.4) is 0 Å². The van der Waals surface area contributed by atoms with E-state index in [1.165, 1.54) is 13.8 Å². The summed E-state index contributed by atoms with van der Waals surface area (Å²) in [5.41, 5.74) is -2.86. The Kier molecular flexibility index (Phi) is 18.7. The second-order valence-corrected chi connectivity index (χ2v) is 28.7. The Hall–Kier alpha value is -1.75. The smallest absolute Gasteiger partial charge is 0.317 e. The van der Waals surface area contributed by atoms with Crippen molar-refractivity contribution in [3.05, 3.63) is 11.6 Å². The second-order valence-electron chi connectivity index (χ2n) is 28.7. The Morgan fingerprint density at radius 3 is 1.71 bits per heavy atom. The normalized spacial score (nSPS) is 55.0. The van der Waals surface area contributed by atoms with Gasteiger partial charge in [-0.15, -0.1) is 0 Å². The summed E-state index contributed by atoms with van der Waals surface area (Å²) in [6.07, 6.45) is -33.2. The van der Waals surface area contributed by atoms with Crippen LogP contribution < -0.4 is 0 Å². The fraction of sp³-hybridized carbons (Fsp3) is 0.949. The first-order valence-corrected chi connectivity index (χ1v) is 30.6. The Morgan fingerprint density at radius 1 is 0.541 bits per heavy atom. The third kappa shape index (κ3) is 10.9. The molecule has 26 heteroatoms. The summed E-state index contributed by atoms with van der Waals surface area (Å²) in [5.74, 6) is -1.34. The van der Waals surface area contributed by atoms with Crippen LogP contribution in [0.1, 0.15) is 120 Å². The molecular formula is C59H96O26. The average Bonchev–Trinajstić information content (AvgIpc) is 0.685. The maximum atomic E-state index is 15.4. The molecular weight excluding hydrogens is 1120 g/mol. The van der Waals surface area contributed by atoms with E-state index in [0.29, 0.717) is 44.9 Å². The van der Waals surface area contributed by atoms with Gasteiger partial charge in [-0.2, -0.15) is 0 Å². The van der Waals surface area contributed by atoms with E-state index in [1.54, 1.807) is 0 Å². The van der Waals surface area contributed by atoms with Gasteiger partial charge in [0.05, 0.1) is 44.2 Å². The number of carbonyl (C=O) groups is 1. The minimum absolute atomic E-state index is 0.00388. The summed E-state index contributed by atoms with van der Waals surface area (Å²) in [7, 11) is 0. The highest BCUT2D eigenvalue weighted by molar-refractivity contribution is 5.80. The molecule has 15 N–H and O–H groups in total. The molecule has 0 spiro atoms. The number of fused-ring (bicyclic) bond motifs is 7. The summed E-state index contributed by atoms with van der Waals surface area (Å²) in [4.78, 5) is 15.4. The van der Waals surface area contributed by atoms with E-state index in [4.69, 9.17) is 47.4 Å². The van der Waals surface area contributed by atoms with E-state index in [2.05, 4.69) is 54.5 Å². The van der Waals surface area contributed by atoms with Gasteiger partial charge in [0.15, 0.2) is 31.3 Å². The lowest BCUT2D eigenvalue weighted by Gasteiger charge is -2.72. The lowest BCUT2D eigenvalue weighted by Crippen LogP contribution is -2.69. The van der Waals surface area contributed by atoms with Crippen molar-refractivity contribution in [1.29, 1.82) is 0 Å². The maximum absolute atomic E-state index is 15.4. The number of aliphatic hydroxyl groups excluding tert-OH is 15. The molecule has 33 atom stereocenters. The molecule has 0 aromatic heterocycles. The van der Waals surface area contributed by atoms with E-state index in [0.717, 1.165) is 5.57 Å². The van der Waals surface area contributed by atoms with E-state index >= 15 is 4.79 Å². The number of aliphatic hydroxyl groups is 15. The molecule has 85 heavy (non-hydrogen) atoms. The Balaban J connectivity index is 0.913. The van der Waals surface area contributed by atoms with Gasteiger partial charge in [0, 0.05) is 0 Å². The van der Waals surface area contributed by atoms with Crippen LogP contribution in [-0.2, 0) is 52.2 Å². The van der Waals surface area contributed by atoms with Gasteiger partial charge in [-0.1, -0.05) is 60.1 Å². The standard InChI is InChI=1S/C59H96O26/c1-23-34(64)38(68)42(72)49(77-23)83-46-40(70)37(67)28(20-60)79-52(46)85-53(75)59-17-16-54(3,4)18-26(59)25-10-11-31-56(7)14-13-33(55(5,6)30(56)12-15-57(31,8)58(25,9)19-32(59)63)81-51-47(84-50-43(73)39(69)35(65)24(2)78-50)44(74)45(29(21-61)80-51)82-48-41(71)36(66)27(62)22-76-48/h10,23-24,26-52,60-74H,11-22H2,1-9H3/t23-,24-,26-,27+,28+,29+,30-,31+,32+,33-,34-,35-,36-,37+,38+,39+,40-,41+,42+,43+,44-,45+,46+,47+,48-,49-,50-,51-,52-,56-,57+,58+,59+/m0/s1. The molecule has 4 saturated carbocycles. The molecule has 10 rings (SSSR count). The number of esters is 1. The zero-order chi connectivity index (χ0) is 62.2. The zero-order valence-electron chi connectivity index (χ0n) is 50.0. The molecule has 0 radical (unpaired) electrons. The highest BCUT2D eigenvalue weighted by Crippen LogP contribution is 2.76. The van der Waals surface area contributed by atoms with Crippen LogP contribution in [0.25, 0.3) is 0 Å².